The van der Waals surface area contributed by atoms with Crippen LogP contribution in [0.4, 0.5) is 11.4 Å². The Bertz CT molecular complexity index is 1040. The van der Waals surface area contributed by atoms with Crippen LogP contribution >= 0.6 is 0 Å². The number of anilines is 1. The van der Waals surface area contributed by atoms with E-state index in [1.54, 1.807) is 0 Å². The van der Waals surface area contributed by atoms with Gasteiger partial charge in [-0.2, -0.15) is 0 Å². The first kappa shape index (κ1) is 26.5. The molecule has 0 aromatic heterocycles. The second-order valence-electron chi connectivity index (χ2n) is 10.7. The molecule has 0 N–H and O–H groups in total. The summed E-state index contributed by atoms with van der Waals surface area (Å²) in [5.41, 5.74) is 10.4. The Morgan fingerprint density at radius 2 is 1.24 bits per heavy atom. The van der Waals surface area contributed by atoms with Gasteiger partial charge in [0, 0.05) is 0 Å². The topological polar surface area (TPSA) is 15.6 Å². The molecular weight excluding hydrogens is 473 g/mol. The normalized spacial score (nSPS) is 17.1. The van der Waals surface area contributed by atoms with Crippen molar-refractivity contribution in [3.05, 3.63) is 81.9 Å². The van der Waals surface area contributed by atoms with Crippen molar-refractivity contribution in [1.82, 2.24) is 0 Å². The van der Waals surface area contributed by atoms with E-state index in [1.807, 2.05) is 0 Å². The van der Waals surface area contributed by atoms with Gasteiger partial charge in [-0.05, 0) is 0 Å². The Labute approximate surface area is 215 Å². The second kappa shape index (κ2) is 11.1. The molecule has 1 aliphatic rings. The van der Waals surface area contributed by atoms with Crippen LogP contribution in [0.15, 0.2) is 64.7 Å². The standard InChI is InChI=1S/C31H42GeN2/c1-19(2)25-13-11-14-26(20(3)4)30(25)33-23(9)29-17-18-32-34(24(29)10)31-27(21(5)6)15-12-16-28(31)22(7)8/h11-22,29H,10H2,1-9H3. The molecule has 0 spiro atoms. The number of hydrogen-bond acceptors (Lipinski definition) is 2. The van der Waals surface area contributed by atoms with E-state index in [4.69, 9.17) is 4.99 Å². The van der Waals surface area contributed by atoms with Crippen molar-refractivity contribution in [2.24, 2.45) is 10.9 Å². The van der Waals surface area contributed by atoms with Gasteiger partial charge in [0.25, 0.3) is 0 Å². The fraction of sp³-hybridized carbons (Fsp3) is 0.452. The molecule has 1 aliphatic heterocycles. The number of allylic oxidation sites excluding steroid dienone is 1. The number of hydrogen-bond donors (Lipinski definition) is 0. The molecule has 0 bridgehead atoms. The number of benzene rings is 2. The molecule has 0 saturated heterocycles. The van der Waals surface area contributed by atoms with Crippen LogP contribution in [0.2, 0.25) is 0 Å². The summed E-state index contributed by atoms with van der Waals surface area (Å²) >= 11 is -0.461. The van der Waals surface area contributed by atoms with E-state index in [0.29, 0.717) is 23.7 Å². The molecule has 0 amide bonds. The average molecular weight is 515 g/mol. The minimum atomic E-state index is -0.461. The van der Waals surface area contributed by atoms with Gasteiger partial charge in [-0.1, -0.05) is 0 Å². The average Bonchev–Trinajstić information content (AvgIpc) is 2.78. The van der Waals surface area contributed by atoms with Gasteiger partial charge in [-0.25, -0.2) is 0 Å². The first-order valence-corrected chi connectivity index (χ1v) is 14.9. The Morgan fingerprint density at radius 1 is 0.794 bits per heavy atom. The molecule has 180 valence electrons. The molecule has 1 heterocycles. The maximum absolute atomic E-state index is 5.31. The van der Waals surface area contributed by atoms with Gasteiger partial charge in [0.1, 0.15) is 0 Å². The van der Waals surface area contributed by atoms with Crippen LogP contribution in [0, 0.1) is 5.92 Å². The number of para-hydroxylation sites is 2. The van der Waals surface area contributed by atoms with E-state index >= 15 is 0 Å². The molecule has 1 unspecified atom stereocenters. The predicted molar refractivity (Wildman–Crippen MR) is 152 cm³/mol. The van der Waals surface area contributed by atoms with Gasteiger partial charge in [0.05, 0.1) is 0 Å². The number of rotatable bonds is 7. The summed E-state index contributed by atoms with van der Waals surface area (Å²) in [6.07, 6.45) is 2.34. The zero-order valence-corrected chi connectivity index (χ0v) is 24.7. The molecule has 3 rings (SSSR count). The van der Waals surface area contributed by atoms with Crippen molar-refractivity contribution >= 4 is 32.7 Å². The summed E-state index contributed by atoms with van der Waals surface area (Å²) in [6.45, 7) is 25.1. The fourth-order valence-electron chi connectivity index (χ4n) is 4.79. The Hall–Kier alpha value is -2.07. The van der Waals surface area contributed by atoms with Crippen molar-refractivity contribution in [2.75, 3.05) is 3.86 Å². The van der Waals surface area contributed by atoms with E-state index < -0.39 is 15.7 Å². The third kappa shape index (κ3) is 5.43. The molecule has 2 aromatic carbocycles. The summed E-state index contributed by atoms with van der Waals surface area (Å²) in [6, 6.07) is 13.5. The van der Waals surface area contributed by atoms with Crippen molar-refractivity contribution in [2.45, 2.75) is 86.0 Å². The van der Waals surface area contributed by atoms with E-state index in [9.17, 15) is 0 Å². The van der Waals surface area contributed by atoms with Gasteiger partial charge >= 0.3 is 215 Å². The van der Waals surface area contributed by atoms with Crippen molar-refractivity contribution in [1.29, 1.82) is 0 Å². The minimum absolute atomic E-state index is 0.123. The van der Waals surface area contributed by atoms with Crippen molar-refractivity contribution < 1.29 is 0 Å². The number of aliphatic imine (C=N–C) groups is 1. The number of nitrogens with zero attached hydrogens (tertiary/aromatic N) is 2. The van der Waals surface area contributed by atoms with Crippen molar-refractivity contribution in [3.8, 4) is 0 Å². The predicted octanol–water partition coefficient (Wildman–Crippen LogP) is 9.06. The molecule has 34 heavy (non-hydrogen) atoms. The van der Waals surface area contributed by atoms with Crippen molar-refractivity contribution in [3.63, 3.8) is 0 Å². The van der Waals surface area contributed by atoms with Crippen LogP contribution in [0.5, 0.6) is 0 Å². The van der Waals surface area contributed by atoms with Gasteiger partial charge < -0.3 is 0 Å². The Balaban J connectivity index is 2.08. The first-order chi connectivity index (χ1) is 16.0. The van der Waals surface area contributed by atoms with Crippen LogP contribution in [0.3, 0.4) is 0 Å². The zero-order valence-electron chi connectivity index (χ0n) is 22.6. The van der Waals surface area contributed by atoms with E-state index in [-0.39, 0.29) is 5.92 Å². The molecule has 2 aromatic rings. The zero-order chi connectivity index (χ0) is 25.2. The van der Waals surface area contributed by atoms with Crippen LogP contribution < -0.4 is 3.86 Å². The van der Waals surface area contributed by atoms with Crippen LogP contribution in [0.25, 0.3) is 0 Å². The third-order valence-corrected chi connectivity index (χ3v) is 9.12. The Morgan fingerprint density at radius 3 is 1.68 bits per heavy atom. The SMILES string of the molecule is C=C1C(C(C)=Nc2c(C(C)C)cccc2C(C)C)C=[CH][Ge][N]1c1c(C(C)C)cccc1C(C)C. The monoisotopic (exact) mass is 516 g/mol. The molecule has 0 fully saturated rings. The van der Waals surface area contributed by atoms with Gasteiger partial charge in [-0.3, -0.25) is 0 Å². The first-order valence-electron chi connectivity index (χ1n) is 12.8. The van der Waals surface area contributed by atoms with Crippen LogP contribution in [-0.2, 0) is 0 Å². The summed E-state index contributed by atoms with van der Waals surface area (Å²) < 4.78 is 2.56. The molecule has 0 saturated carbocycles. The molecule has 2 radical (unpaired) electrons. The maximum atomic E-state index is 5.31. The summed E-state index contributed by atoms with van der Waals surface area (Å²) in [4.78, 5) is 7.72. The van der Waals surface area contributed by atoms with E-state index in [1.165, 1.54) is 33.6 Å². The van der Waals surface area contributed by atoms with Gasteiger partial charge in [-0.15, -0.1) is 0 Å². The summed E-state index contributed by atoms with van der Waals surface area (Å²) in [5, 5.41) is 0. The van der Waals surface area contributed by atoms with E-state index in [2.05, 4.69) is 120 Å². The van der Waals surface area contributed by atoms with Gasteiger partial charge in [0.2, 0.25) is 0 Å². The fourth-order valence-corrected chi connectivity index (χ4v) is 7.14. The summed E-state index contributed by atoms with van der Waals surface area (Å²) in [7, 11) is 0. The molecule has 0 aliphatic carbocycles. The summed E-state index contributed by atoms with van der Waals surface area (Å²) in [5.74, 6) is 1.94. The molecule has 1 atom stereocenters. The third-order valence-electron chi connectivity index (χ3n) is 6.79. The quantitative estimate of drug-likeness (QED) is 0.265. The van der Waals surface area contributed by atoms with Crippen LogP contribution in [0.1, 0.15) is 108 Å². The molecule has 2 nitrogen and oxygen atoms in total. The van der Waals surface area contributed by atoms with Crippen LogP contribution in [-0.4, -0.2) is 21.4 Å². The second-order valence-corrected chi connectivity index (χ2v) is 12.9. The molecular formula is C31H42GeN2. The Kier molecular flexibility index (Phi) is 8.68. The molecule has 3 heteroatoms. The van der Waals surface area contributed by atoms with Gasteiger partial charge in [0.15, 0.2) is 0 Å². The van der Waals surface area contributed by atoms with E-state index in [0.717, 1.165) is 11.4 Å².